The maximum atomic E-state index is 11.6. The highest BCUT2D eigenvalue weighted by atomic mass is 127. The van der Waals surface area contributed by atoms with Crippen LogP contribution in [-0.4, -0.2) is 62.0 Å². The molecule has 0 N–H and O–H groups in total. The monoisotopic (exact) mass is 637 g/mol. The number of fused-ring (bicyclic) bond motifs is 1. The minimum atomic E-state index is -0.300. The van der Waals surface area contributed by atoms with Crippen LogP contribution in [0.3, 0.4) is 0 Å². The lowest BCUT2D eigenvalue weighted by atomic mass is 10.2. The van der Waals surface area contributed by atoms with Crippen molar-refractivity contribution in [1.29, 1.82) is 0 Å². The quantitative estimate of drug-likeness (QED) is 0.110. The Morgan fingerprint density at radius 1 is 1.05 bits per heavy atom. The Morgan fingerprint density at radius 3 is 2.62 bits per heavy atom. The summed E-state index contributed by atoms with van der Waals surface area (Å²) in [5, 5.41) is 1.85. The number of hydrogen-bond donors (Lipinski definition) is 0. The van der Waals surface area contributed by atoms with Gasteiger partial charge in [0.1, 0.15) is 5.75 Å². The largest absolute Gasteiger partial charge is 0.494 e. The van der Waals surface area contributed by atoms with E-state index in [-0.39, 0.29) is 18.7 Å². The van der Waals surface area contributed by atoms with Crippen LogP contribution in [0.5, 0.6) is 11.6 Å². The van der Waals surface area contributed by atoms with Gasteiger partial charge in [0.25, 0.3) is 0 Å². The predicted octanol–water partition coefficient (Wildman–Crippen LogP) is 6.01. The molecular formula is C28H33ClIN3O4. The zero-order valence-corrected chi connectivity index (χ0v) is 24.2. The van der Waals surface area contributed by atoms with Gasteiger partial charge < -0.3 is 19.1 Å². The Bertz CT molecular complexity index is 1200. The van der Waals surface area contributed by atoms with Crippen molar-refractivity contribution in [3.63, 3.8) is 0 Å². The zero-order chi connectivity index (χ0) is 26.2. The van der Waals surface area contributed by atoms with Gasteiger partial charge in [-0.2, -0.15) is 0 Å². The summed E-state index contributed by atoms with van der Waals surface area (Å²) in [4.78, 5) is 21.0. The Labute approximate surface area is 237 Å². The summed E-state index contributed by atoms with van der Waals surface area (Å²) in [6, 6.07) is 15.8. The van der Waals surface area contributed by atoms with Crippen LogP contribution in [-0.2, 0) is 9.53 Å². The molecule has 4 rings (SSSR count). The summed E-state index contributed by atoms with van der Waals surface area (Å²) in [5.41, 5.74) is 1.91. The topological polar surface area (TPSA) is 64.1 Å². The molecule has 0 spiro atoms. The first-order chi connectivity index (χ1) is 17.9. The van der Waals surface area contributed by atoms with Gasteiger partial charge in [0, 0.05) is 47.3 Å². The molecule has 0 saturated carbocycles. The fourth-order valence-electron chi connectivity index (χ4n) is 4.14. The van der Waals surface area contributed by atoms with Crippen LogP contribution < -0.4 is 14.4 Å². The van der Waals surface area contributed by atoms with Gasteiger partial charge in [0.15, 0.2) is 0 Å². The zero-order valence-electron chi connectivity index (χ0n) is 21.3. The van der Waals surface area contributed by atoms with Crippen LogP contribution >= 0.6 is 34.2 Å². The van der Waals surface area contributed by atoms with E-state index in [1.165, 1.54) is 0 Å². The molecular weight excluding hydrogens is 605 g/mol. The Morgan fingerprint density at radius 2 is 1.84 bits per heavy atom. The van der Waals surface area contributed by atoms with E-state index < -0.39 is 0 Å². The summed E-state index contributed by atoms with van der Waals surface area (Å²) in [7, 11) is 0. The highest BCUT2D eigenvalue weighted by Crippen LogP contribution is 2.31. The number of halogens is 2. The first-order valence-electron chi connectivity index (χ1n) is 12.6. The van der Waals surface area contributed by atoms with Gasteiger partial charge in [-0.15, -0.1) is 0 Å². The van der Waals surface area contributed by atoms with Crippen LogP contribution in [0.15, 0.2) is 48.5 Å². The standard InChI is InChI=1S/C28H33ClIN3O4/c1-20(2)28(34)37-19-36-26-11-9-21-8-10-22(18-24(21)31-26)35-17-4-3-12-32-13-15-33(16-14-32)25-7-5-6-23(30)27(25)29/h5-11,18,20H,3-4,12-17,19H2,1-2H3. The minimum Gasteiger partial charge on any atom is -0.494 e. The Balaban J connectivity index is 1.17. The number of nitrogens with zero attached hydrogens (tertiary/aromatic N) is 3. The summed E-state index contributed by atoms with van der Waals surface area (Å²) in [5.74, 6) is 0.698. The number of pyridine rings is 1. The third kappa shape index (κ3) is 7.85. The second-order valence-electron chi connectivity index (χ2n) is 9.34. The van der Waals surface area contributed by atoms with Crippen LogP contribution in [0, 0.1) is 9.49 Å². The van der Waals surface area contributed by atoms with Crippen molar-refractivity contribution in [2.45, 2.75) is 26.7 Å². The lowest BCUT2D eigenvalue weighted by Gasteiger charge is -2.36. The SMILES string of the molecule is CC(C)C(=O)OCOc1ccc2ccc(OCCCCN3CCN(c4cccc(I)c4Cl)CC3)cc2n1. The molecule has 2 heterocycles. The molecule has 1 aliphatic rings. The third-order valence-electron chi connectivity index (χ3n) is 6.30. The molecule has 198 valence electrons. The Kier molecular flexibility index (Phi) is 10.1. The average molecular weight is 638 g/mol. The van der Waals surface area contributed by atoms with Crippen molar-refractivity contribution in [1.82, 2.24) is 9.88 Å². The van der Waals surface area contributed by atoms with Crippen LogP contribution in [0.4, 0.5) is 5.69 Å². The summed E-state index contributed by atoms with van der Waals surface area (Å²) in [6.07, 6.45) is 2.07. The van der Waals surface area contributed by atoms with Crippen molar-refractivity contribution in [2.24, 2.45) is 5.92 Å². The van der Waals surface area contributed by atoms with Crippen LogP contribution in [0.2, 0.25) is 5.02 Å². The van der Waals surface area contributed by atoms with Crippen LogP contribution in [0.25, 0.3) is 10.9 Å². The maximum Gasteiger partial charge on any atom is 0.311 e. The smallest absolute Gasteiger partial charge is 0.311 e. The number of benzene rings is 2. The van der Waals surface area contributed by atoms with E-state index in [2.05, 4.69) is 49.5 Å². The van der Waals surface area contributed by atoms with E-state index in [1.807, 2.05) is 30.3 Å². The van der Waals surface area contributed by atoms with Gasteiger partial charge in [-0.25, -0.2) is 4.98 Å². The first kappa shape index (κ1) is 27.7. The van der Waals surface area contributed by atoms with E-state index in [9.17, 15) is 4.79 Å². The molecule has 1 saturated heterocycles. The molecule has 0 radical (unpaired) electrons. The highest BCUT2D eigenvalue weighted by Gasteiger charge is 2.19. The molecule has 0 atom stereocenters. The summed E-state index contributed by atoms with van der Waals surface area (Å²) < 4.78 is 17.6. The van der Waals surface area contributed by atoms with E-state index in [0.29, 0.717) is 12.5 Å². The molecule has 1 aliphatic heterocycles. The number of hydrogen-bond acceptors (Lipinski definition) is 7. The number of aromatic nitrogens is 1. The number of piperazine rings is 1. The van der Waals surface area contributed by atoms with Crippen molar-refractivity contribution >= 4 is 56.8 Å². The van der Waals surface area contributed by atoms with E-state index in [0.717, 1.165) is 76.5 Å². The maximum absolute atomic E-state index is 11.6. The average Bonchev–Trinajstić information content (AvgIpc) is 2.90. The number of rotatable bonds is 11. The van der Waals surface area contributed by atoms with E-state index >= 15 is 0 Å². The summed E-state index contributed by atoms with van der Waals surface area (Å²) >= 11 is 8.80. The predicted molar refractivity (Wildman–Crippen MR) is 156 cm³/mol. The first-order valence-corrected chi connectivity index (χ1v) is 14.1. The second-order valence-corrected chi connectivity index (χ2v) is 10.9. The number of esters is 1. The number of carbonyl (C=O) groups excluding carboxylic acids is 1. The second kappa shape index (κ2) is 13.5. The van der Waals surface area contributed by atoms with Crippen LogP contribution in [0.1, 0.15) is 26.7 Å². The fraction of sp³-hybridized carbons (Fsp3) is 0.429. The van der Waals surface area contributed by atoms with Crippen molar-refractivity contribution in [2.75, 3.05) is 51.0 Å². The molecule has 2 aromatic carbocycles. The van der Waals surface area contributed by atoms with Gasteiger partial charge in [-0.1, -0.05) is 31.5 Å². The van der Waals surface area contributed by atoms with Gasteiger partial charge >= 0.3 is 5.97 Å². The molecule has 0 amide bonds. The van der Waals surface area contributed by atoms with Gasteiger partial charge in [-0.05, 0) is 72.3 Å². The molecule has 37 heavy (non-hydrogen) atoms. The van der Waals surface area contributed by atoms with E-state index in [4.69, 9.17) is 25.8 Å². The molecule has 0 unspecified atom stereocenters. The lowest BCUT2D eigenvalue weighted by Crippen LogP contribution is -2.46. The third-order valence-corrected chi connectivity index (χ3v) is 7.91. The fourth-order valence-corrected chi connectivity index (χ4v) is 4.87. The van der Waals surface area contributed by atoms with Gasteiger partial charge in [0.2, 0.25) is 12.7 Å². The molecule has 3 aromatic rings. The molecule has 9 heteroatoms. The molecule has 1 fully saturated rings. The molecule has 7 nitrogen and oxygen atoms in total. The molecule has 0 aliphatic carbocycles. The molecule has 0 bridgehead atoms. The minimum absolute atomic E-state index is 0.153. The van der Waals surface area contributed by atoms with Crippen molar-refractivity contribution in [3.05, 3.63) is 57.1 Å². The van der Waals surface area contributed by atoms with E-state index in [1.54, 1.807) is 19.9 Å². The number of anilines is 1. The number of carbonyl (C=O) groups is 1. The normalized spacial score (nSPS) is 14.2. The number of ether oxygens (including phenoxy) is 3. The highest BCUT2D eigenvalue weighted by molar-refractivity contribution is 14.1. The Hall–Kier alpha value is -2.30. The van der Waals surface area contributed by atoms with Gasteiger partial charge in [-0.3, -0.25) is 9.69 Å². The van der Waals surface area contributed by atoms with Crippen molar-refractivity contribution in [3.8, 4) is 11.6 Å². The molecule has 1 aromatic heterocycles. The van der Waals surface area contributed by atoms with Crippen molar-refractivity contribution < 1.29 is 19.0 Å². The number of unbranched alkanes of at least 4 members (excludes halogenated alkanes) is 1. The van der Waals surface area contributed by atoms with Gasteiger partial charge in [0.05, 0.1) is 28.8 Å². The summed E-state index contributed by atoms with van der Waals surface area (Å²) in [6.45, 7) is 9.20. The lowest BCUT2D eigenvalue weighted by molar-refractivity contribution is -0.154.